The van der Waals surface area contributed by atoms with Crippen LogP contribution in [0.15, 0.2) is 66.7 Å². The summed E-state index contributed by atoms with van der Waals surface area (Å²) in [7, 11) is -4.31. The molecule has 0 saturated carbocycles. The molecule has 7 nitrogen and oxygen atoms in total. The van der Waals surface area contributed by atoms with Crippen molar-refractivity contribution in [3.8, 4) is 0 Å². The molecular formula is C30H31Cl3F3N3O4S. The SMILES string of the molecule is CC(C)(C)NC(=O)[C@H](Cc1ccccc1)N(Cc1ccc(Cl)cc1Cl)C(=O)CN(c1ccc(Cl)c(C(F)(F)F)c1)S(C)(=O)=O. The van der Waals surface area contributed by atoms with Crippen molar-refractivity contribution in [1.82, 2.24) is 10.2 Å². The van der Waals surface area contributed by atoms with E-state index in [0.717, 1.165) is 18.4 Å². The number of halogens is 6. The molecule has 3 rings (SSSR count). The van der Waals surface area contributed by atoms with E-state index in [9.17, 15) is 31.2 Å². The van der Waals surface area contributed by atoms with Gasteiger partial charge in [0.2, 0.25) is 21.8 Å². The number of anilines is 1. The Labute approximate surface area is 269 Å². The van der Waals surface area contributed by atoms with Crippen LogP contribution in [0.3, 0.4) is 0 Å². The maximum Gasteiger partial charge on any atom is 0.417 e. The Morgan fingerprint density at radius 2 is 1.55 bits per heavy atom. The molecule has 0 aliphatic carbocycles. The highest BCUT2D eigenvalue weighted by Gasteiger charge is 2.37. The topological polar surface area (TPSA) is 86.8 Å². The average Bonchev–Trinajstić information content (AvgIpc) is 2.89. The number of sulfonamides is 1. The van der Waals surface area contributed by atoms with Gasteiger partial charge in [-0.2, -0.15) is 13.2 Å². The highest BCUT2D eigenvalue weighted by atomic mass is 35.5. The minimum Gasteiger partial charge on any atom is -0.350 e. The Kier molecular flexibility index (Phi) is 11.3. The van der Waals surface area contributed by atoms with Crippen LogP contribution in [0.1, 0.15) is 37.5 Å². The number of nitrogens with zero attached hydrogens (tertiary/aromatic N) is 2. The normalized spacial score (nSPS) is 12.9. The zero-order chi connectivity index (χ0) is 33.0. The fourth-order valence-corrected chi connectivity index (χ4v) is 5.87. The summed E-state index contributed by atoms with van der Waals surface area (Å²) < 4.78 is 67.2. The van der Waals surface area contributed by atoms with Crippen molar-refractivity contribution in [2.24, 2.45) is 0 Å². The molecule has 0 saturated heterocycles. The van der Waals surface area contributed by atoms with Crippen molar-refractivity contribution in [1.29, 1.82) is 0 Å². The fraction of sp³-hybridized carbons (Fsp3) is 0.333. The second-order valence-electron chi connectivity index (χ2n) is 11.1. The predicted octanol–water partition coefficient (Wildman–Crippen LogP) is 6.99. The largest absolute Gasteiger partial charge is 0.417 e. The fourth-order valence-electron chi connectivity index (χ4n) is 4.34. The number of nitrogens with one attached hydrogen (secondary N) is 1. The smallest absolute Gasteiger partial charge is 0.350 e. The van der Waals surface area contributed by atoms with E-state index in [0.29, 0.717) is 26.5 Å². The Morgan fingerprint density at radius 1 is 0.909 bits per heavy atom. The van der Waals surface area contributed by atoms with Gasteiger partial charge in [-0.15, -0.1) is 0 Å². The number of hydrogen-bond donors (Lipinski definition) is 1. The summed E-state index contributed by atoms with van der Waals surface area (Å²) in [6.45, 7) is 4.12. The van der Waals surface area contributed by atoms with E-state index >= 15 is 0 Å². The lowest BCUT2D eigenvalue weighted by Crippen LogP contribution is -2.56. The first-order valence-electron chi connectivity index (χ1n) is 13.2. The second kappa shape index (κ2) is 14.0. The van der Waals surface area contributed by atoms with E-state index in [4.69, 9.17) is 34.8 Å². The van der Waals surface area contributed by atoms with Gasteiger partial charge in [0.1, 0.15) is 12.6 Å². The lowest BCUT2D eigenvalue weighted by atomic mass is 10.0. The van der Waals surface area contributed by atoms with Crippen LogP contribution in [0.2, 0.25) is 15.1 Å². The summed E-state index contributed by atoms with van der Waals surface area (Å²) in [4.78, 5) is 29.1. The highest BCUT2D eigenvalue weighted by molar-refractivity contribution is 7.92. The van der Waals surface area contributed by atoms with Crippen LogP contribution in [0.25, 0.3) is 0 Å². The predicted molar refractivity (Wildman–Crippen MR) is 167 cm³/mol. The summed E-state index contributed by atoms with van der Waals surface area (Å²) in [6.07, 6.45) is -4.09. The van der Waals surface area contributed by atoms with Crippen molar-refractivity contribution in [2.75, 3.05) is 17.1 Å². The van der Waals surface area contributed by atoms with E-state index in [1.165, 1.54) is 11.0 Å². The number of carbonyl (C=O) groups is 2. The Bertz CT molecular complexity index is 1620. The zero-order valence-corrected chi connectivity index (χ0v) is 27.3. The quantitative estimate of drug-likeness (QED) is 0.248. The Balaban J connectivity index is 2.15. The molecule has 0 aliphatic rings. The van der Waals surface area contributed by atoms with Gasteiger partial charge in [0, 0.05) is 28.5 Å². The molecule has 2 amide bonds. The van der Waals surface area contributed by atoms with Gasteiger partial charge in [-0.1, -0.05) is 71.2 Å². The molecule has 44 heavy (non-hydrogen) atoms. The zero-order valence-electron chi connectivity index (χ0n) is 24.3. The van der Waals surface area contributed by atoms with Crippen LogP contribution in [-0.2, 0) is 38.8 Å². The third-order valence-corrected chi connectivity index (χ3v) is 8.40. The summed E-state index contributed by atoms with van der Waals surface area (Å²) in [5.41, 5.74) is -1.29. The molecule has 0 radical (unpaired) electrons. The van der Waals surface area contributed by atoms with E-state index < -0.39 is 62.4 Å². The van der Waals surface area contributed by atoms with Gasteiger partial charge in [-0.25, -0.2) is 8.42 Å². The molecule has 3 aromatic rings. The number of carbonyl (C=O) groups excluding carboxylic acids is 2. The third kappa shape index (κ3) is 9.76. The molecule has 0 unspecified atom stereocenters. The minimum atomic E-state index is -4.89. The van der Waals surface area contributed by atoms with Gasteiger partial charge < -0.3 is 10.2 Å². The second-order valence-corrected chi connectivity index (χ2v) is 14.3. The Hall–Kier alpha value is -2.99. The van der Waals surface area contributed by atoms with Crippen molar-refractivity contribution >= 4 is 62.3 Å². The molecule has 14 heteroatoms. The van der Waals surface area contributed by atoms with Crippen LogP contribution in [0.4, 0.5) is 18.9 Å². The van der Waals surface area contributed by atoms with E-state index in [2.05, 4.69) is 5.32 Å². The number of amides is 2. The number of rotatable bonds is 10. The van der Waals surface area contributed by atoms with Gasteiger partial charge in [-0.3, -0.25) is 13.9 Å². The van der Waals surface area contributed by atoms with Crippen LogP contribution in [0, 0.1) is 0 Å². The average molecular weight is 693 g/mol. The van der Waals surface area contributed by atoms with E-state index in [-0.39, 0.29) is 18.0 Å². The van der Waals surface area contributed by atoms with Gasteiger partial charge in [-0.05, 0) is 62.2 Å². The number of alkyl halides is 3. The molecule has 238 valence electrons. The summed E-state index contributed by atoms with van der Waals surface area (Å²) >= 11 is 18.2. The Morgan fingerprint density at radius 3 is 2.09 bits per heavy atom. The van der Waals surface area contributed by atoms with Gasteiger partial charge in [0.15, 0.2) is 0 Å². The maximum absolute atomic E-state index is 14.1. The van der Waals surface area contributed by atoms with Crippen molar-refractivity contribution in [3.05, 3.63) is 98.5 Å². The summed E-state index contributed by atoms with van der Waals surface area (Å²) in [6, 6.07) is 14.8. The van der Waals surface area contributed by atoms with Crippen molar-refractivity contribution in [3.63, 3.8) is 0 Å². The van der Waals surface area contributed by atoms with Crippen molar-refractivity contribution < 1.29 is 31.2 Å². The van der Waals surface area contributed by atoms with E-state index in [1.54, 1.807) is 63.2 Å². The molecule has 3 aromatic carbocycles. The molecular weight excluding hydrogens is 662 g/mol. The lowest BCUT2D eigenvalue weighted by Gasteiger charge is -2.35. The van der Waals surface area contributed by atoms with Crippen LogP contribution < -0.4 is 9.62 Å². The minimum absolute atomic E-state index is 0.0394. The molecule has 0 bridgehead atoms. The first-order chi connectivity index (χ1) is 20.3. The van der Waals surface area contributed by atoms with Crippen molar-refractivity contribution in [2.45, 2.75) is 51.5 Å². The van der Waals surface area contributed by atoms with Crippen LogP contribution >= 0.6 is 34.8 Å². The molecule has 0 spiro atoms. The maximum atomic E-state index is 14.1. The van der Waals surface area contributed by atoms with Gasteiger partial charge in [0.05, 0.1) is 22.5 Å². The number of benzene rings is 3. The summed E-state index contributed by atoms with van der Waals surface area (Å²) in [5.74, 6) is -1.40. The van der Waals surface area contributed by atoms with E-state index in [1.807, 2.05) is 0 Å². The highest BCUT2D eigenvalue weighted by Crippen LogP contribution is 2.37. The molecule has 1 N–H and O–H groups in total. The van der Waals surface area contributed by atoms with Crippen LogP contribution in [0.5, 0.6) is 0 Å². The third-order valence-electron chi connectivity index (χ3n) is 6.35. The molecule has 1 atom stereocenters. The monoisotopic (exact) mass is 691 g/mol. The molecule has 0 fully saturated rings. The number of hydrogen-bond acceptors (Lipinski definition) is 4. The van der Waals surface area contributed by atoms with Crippen LogP contribution in [-0.4, -0.2) is 49.5 Å². The first kappa shape index (κ1) is 35.5. The van der Waals surface area contributed by atoms with Gasteiger partial charge in [0.25, 0.3) is 0 Å². The summed E-state index contributed by atoms with van der Waals surface area (Å²) in [5, 5.41) is 2.75. The molecule has 0 heterocycles. The lowest BCUT2D eigenvalue weighted by molar-refractivity contribution is -0.140. The molecule has 0 aliphatic heterocycles. The standard InChI is InChI=1S/C30H31Cl3F3N3O4S/c1-29(2,3)37-28(41)26(14-19-8-6-5-7-9-19)38(17-20-10-11-21(31)15-25(20)33)27(40)18-39(44(4,42)43)22-12-13-24(32)23(16-22)30(34,35)36/h5-13,15-16,26H,14,17-18H2,1-4H3,(H,37,41)/t26-/m0/s1. The van der Waals surface area contributed by atoms with Gasteiger partial charge >= 0.3 is 6.18 Å². The first-order valence-corrected chi connectivity index (χ1v) is 16.2. The molecule has 0 aromatic heterocycles.